The summed E-state index contributed by atoms with van der Waals surface area (Å²) in [6, 6.07) is 2.91. The molecular weight excluding hydrogens is 363 g/mol. The molecule has 2 bridgehead atoms. The molecule has 3 heterocycles. The monoisotopic (exact) mass is 382 g/mol. The highest BCUT2D eigenvalue weighted by molar-refractivity contribution is 5.88. The number of aliphatic carboxylic acids is 1. The summed E-state index contributed by atoms with van der Waals surface area (Å²) in [4.78, 5) is 24.6. The van der Waals surface area contributed by atoms with Gasteiger partial charge in [0.25, 0.3) is 0 Å². The Kier molecular flexibility index (Phi) is 3.96. The van der Waals surface area contributed by atoms with Crippen LogP contribution >= 0.6 is 0 Å². The van der Waals surface area contributed by atoms with E-state index in [4.69, 9.17) is 0 Å². The number of fused-ring (bicyclic) bond motifs is 4. The van der Waals surface area contributed by atoms with Crippen LogP contribution in [0.4, 0.5) is 10.2 Å². The predicted molar refractivity (Wildman–Crippen MR) is 98.9 cm³/mol. The molecule has 8 nitrogen and oxygen atoms in total. The van der Waals surface area contributed by atoms with Crippen molar-refractivity contribution >= 4 is 22.8 Å². The summed E-state index contributed by atoms with van der Waals surface area (Å²) in [5.41, 5.74) is 0.861. The van der Waals surface area contributed by atoms with E-state index in [1.54, 1.807) is 12.3 Å². The number of rotatable bonds is 4. The van der Waals surface area contributed by atoms with E-state index in [2.05, 4.69) is 30.5 Å². The summed E-state index contributed by atoms with van der Waals surface area (Å²) in [5, 5.41) is 20.5. The number of carbonyl (C=O) groups is 1. The highest BCUT2D eigenvalue weighted by atomic mass is 19.1. The fourth-order valence-electron chi connectivity index (χ4n) is 4.78. The molecule has 0 spiro atoms. The van der Waals surface area contributed by atoms with Crippen molar-refractivity contribution in [2.45, 2.75) is 31.7 Å². The van der Waals surface area contributed by atoms with Crippen molar-refractivity contribution < 1.29 is 14.3 Å². The van der Waals surface area contributed by atoms with Gasteiger partial charge in [0.1, 0.15) is 17.3 Å². The number of nitrogens with one attached hydrogen (secondary N) is 2. The van der Waals surface area contributed by atoms with Crippen LogP contribution in [-0.4, -0.2) is 42.3 Å². The third-order valence-electron chi connectivity index (χ3n) is 6.07. The first-order valence-electron chi connectivity index (χ1n) is 9.42. The molecule has 3 N–H and O–H groups in total. The van der Waals surface area contributed by atoms with Gasteiger partial charge in [0, 0.05) is 12.2 Å². The van der Waals surface area contributed by atoms with Crippen LogP contribution in [0.1, 0.15) is 25.7 Å². The van der Waals surface area contributed by atoms with Gasteiger partial charge < -0.3 is 10.4 Å². The molecule has 3 fully saturated rings. The lowest BCUT2D eigenvalue weighted by molar-refractivity contribution is -0.148. The molecule has 3 aromatic rings. The molecule has 2 atom stereocenters. The zero-order valence-electron chi connectivity index (χ0n) is 15.0. The Balaban J connectivity index is 1.47. The van der Waals surface area contributed by atoms with Crippen molar-refractivity contribution in [3.63, 3.8) is 0 Å². The van der Waals surface area contributed by atoms with Crippen LogP contribution in [0.5, 0.6) is 0 Å². The number of hydrogen-bond donors (Lipinski definition) is 3. The maximum absolute atomic E-state index is 13.6. The van der Waals surface area contributed by atoms with Crippen molar-refractivity contribution in [1.29, 1.82) is 0 Å². The number of carboxylic acids is 1. The van der Waals surface area contributed by atoms with Gasteiger partial charge in [-0.2, -0.15) is 5.10 Å². The highest BCUT2D eigenvalue weighted by Gasteiger charge is 2.47. The third-order valence-corrected chi connectivity index (χ3v) is 6.07. The quantitative estimate of drug-likeness (QED) is 0.635. The van der Waals surface area contributed by atoms with Crippen molar-refractivity contribution in [2.75, 3.05) is 5.32 Å². The van der Waals surface area contributed by atoms with Crippen LogP contribution in [-0.2, 0) is 4.79 Å². The number of hydrogen-bond acceptors (Lipinski definition) is 6. The fraction of sp³-hybridized carbons (Fsp3) is 0.421. The predicted octanol–water partition coefficient (Wildman–Crippen LogP) is 2.86. The minimum Gasteiger partial charge on any atom is -0.481 e. The molecule has 3 aliphatic rings. The zero-order valence-corrected chi connectivity index (χ0v) is 15.0. The molecule has 6 rings (SSSR count). The molecule has 0 unspecified atom stereocenters. The largest absolute Gasteiger partial charge is 0.481 e. The van der Waals surface area contributed by atoms with Gasteiger partial charge in [0.15, 0.2) is 11.5 Å². The number of aromatic amines is 1. The van der Waals surface area contributed by atoms with Crippen molar-refractivity contribution in [1.82, 2.24) is 25.1 Å². The standard InChI is InChI=1S/C19H19FN6O2/c20-11-7-12-16(25-26-17(12)22-8-11)18-21-6-5-13(24-18)23-15-10-3-1-9(2-4-10)14(15)19(27)28/h5-10,14-15H,1-4H2,(H,27,28)(H,21,23,24)(H,22,25,26)/t9?,10?,14-,15-/m1/s1. The van der Waals surface area contributed by atoms with Crippen molar-refractivity contribution in [2.24, 2.45) is 17.8 Å². The van der Waals surface area contributed by atoms with Crippen molar-refractivity contribution in [3.05, 3.63) is 30.3 Å². The number of nitrogens with zero attached hydrogens (tertiary/aromatic N) is 4. The highest BCUT2D eigenvalue weighted by Crippen LogP contribution is 2.46. The van der Waals surface area contributed by atoms with E-state index < -0.39 is 17.7 Å². The smallest absolute Gasteiger partial charge is 0.308 e. The normalized spacial score (nSPS) is 26.5. The van der Waals surface area contributed by atoms with E-state index in [9.17, 15) is 14.3 Å². The van der Waals surface area contributed by atoms with E-state index in [0.717, 1.165) is 31.9 Å². The minimum absolute atomic E-state index is 0.150. The van der Waals surface area contributed by atoms with Gasteiger partial charge in [-0.15, -0.1) is 0 Å². The molecule has 0 aliphatic heterocycles. The molecule has 28 heavy (non-hydrogen) atoms. The van der Waals surface area contributed by atoms with Gasteiger partial charge in [-0.1, -0.05) is 0 Å². The fourth-order valence-corrected chi connectivity index (χ4v) is 4.78. The molecule has 0 saturated heterocycles. The van der Waals surface area contributed by atoms with Crippen LogP contribution in [0.3, 0.4) is 0 Å². The van der Waals surface area contributed by atoms with E-state index in [1.165, 1.54) is 6.07 Å². The van der Waals surface area contributed by atoms with Gasteiger partial charge in [-0.05, 0) is 49.7 Å². The Morgan fingerprint density at radius 1 is 1.21 bits per heavy atom. The second-order valence-electron chi connectivity index (χ2n) is 7.60. The molecule has 3 aromatic heterocycles. The Morgan fingerprint density at radius 2 is 2.00 bits per heavy atom. The molecule has 0 amide bonds. The number of halogens is 1. The van der Waals surface area contributed by atoms with Crippen LogP contribution in [0.25, 0.3) is 22.6 Å². The number of anilines is 1. The Bertz CT molecular complexity index is 1050. The number of carboxylic acid groups (broad SMARTS) is 1. The van der Waals surface area contributed by atoms with Crippen LogP contribution in [0.15, 0.2) is 24.5 Å². The first-order valence-corrected chi connectivity index (χ1v) is 9.42. The lowest BCUT2D eigenvalue weighted by Crippen LogP contribution is -2.51. The third kappa shape index (κ3) is 2.78. The second-order valence-corrected chi connectivity index (χ2v) is 7.60. The Hall–Kier alpha value is -3.10. The van der Waals surface area contributed by atoms with E-state index in [-0.39, 0.29) is 12.0 Å². The number of aromatic nitrogens is 5. The summed E-state index contributed by atoms with van der Waals surface area (Å²) in [7, 11) is 0. The Labute approximate surface area is 159 Å². The van der Waals surface area contributed by atoms with Crippen molar-refractivity contribution in [3.8, 4) is 11.5 Å². The molecule has 0 radical (unpaired) electrons. The van der Waals surface area contributed by atoms with E-state index in [0.29, 0.717) is 34.3 Å². The maximum atomic E-state index is 13.6. The Morgan fingerprint density at radius 3 is 2.79 bits per heavy atom. The second kappa shape index (κ2) is 6.50. The van der Waals surface area contributed by atoms with E-state index >= 15 is 0 Å². The average Bonchev–Trinajstić information content (AvgIpc) is 3.12. The number of pyridine rings is 1. The van der Waals surface area contributed by atoms with Crippen LogP contribution in [0.2, 0.25) is 0 Å². The summed E-state index contributed by atoms with van der Waals surface area (Å²) in [6.07, 6.45) is 6.75. The topological polar surface area (TPSA) is 117 Å². The molecule has 3 aliphatic carbocycles. The maximum Gasteiger partial charge on any atom is 0.308 e. The van der Waals surface area contributed by atoms with Gasteiger partial charge in [0.2, 0.25) is 0 Å². The SMILES string of the molecule is O=C(O)[C@@H]1C2CCC(CC2)[C@H]1Nc1ccnc(-c2n[nH]c3ncc(F)cc23)n1. The molecule has 144 valence electrons. The molecule has 0 aromatic carbocycles. The summed E-state index contributed by atoms with van der Waals surface area (Å²) in [6.45, 7) is 0. The summed E-state index contributed by atoms with van der Waals surface area (Å²) >= 11 is 0. The van der Waals surface area contributed by atoms with Gasteiger partial charge in [-0.25, -0.2) is 19.3 Å². The minimum atomic E-state index is -0.749. The summed E-state index contributed by atoms with van der Waals surface area (Å²) < 4.78 is 13.6. The number of H-pyrrole nitrogens is 1. The zero-order chi connectivity index (χ0) is 19.3. The van der Waals surface area contributed by atoms with Crippen LogP contribution < -0.4 is 5.32 Å². The van der Waals surface area contributed by atoms with Gasteiger partial charge in [-0.3, -0.25) is 9.89 Å². The molecule has 3 saturated carbocycles. The summed E-state index contributed by atoms with van der Waals surface area (Å²) in [5.74, 6) is -0.200. The first-order chi connectivity index (χ1) is 13.6. The van der Waals surface area contributed by atoms with Crippen LogP contribution in [0, 0.1) is 23.6 Å². The molecule has 9 heteroatoms. The van der Waals surface area contributed by atoms with Gasteiger partial charge in [0.05, 0.1) is 17.5 Å². The first kappa shape index (κ1) is 17.0. The van der Waals surface area contributed by atoms with Gasteiger partial charge >= 0.3 is 5.97 Å². The van der Waals surface area contributed by atoms with E-state index in [1.807, 2.05) is 0 Å². The lowest BCUT2D eigenvalue weighted by atomic mass is 9.61. The molecular formula is C19H19FN6O2. The lowest BCUT2D eigenvalue weighted by Gasteiger charge is -2.47. The average molecular weight is 382 g/mol.